The van der Waals surface area contributed by atoms with E-state index in [9.17, 15) is 5.11 Å². The summed E-state index contributed by atoms with van der Waals surface area (Å²) >= 11 is 10.8. The van der Waals surface area contributed by atoms with Gasteiger partial charge in [0.25, 0.3) is 0 Å². The van der Waals surface area contributed by atoms with Gasteiger partial charge in [0, 0.05) is 0 Å². The quantitative estimate of drug-likeness (QED) is 0.735. The summed E-state index contributed by atoms with van der Waals surface area (Å²) in [6.45, 7) is 0. The number of nitrogens with one attached hydrogen (secondary N) is 2. The number of nitriles is 1. The fourth-order valence-corrected chi connectivity index (χ4v) is 1.69. The normalized spacial score (nSPS) is 9.78. The lowest BCUT2D eigenvalue weighted by atomic mass is 10.2. The van der Waals surface area contributed by atoms with Gasteiger partial charge in [-0.2, -0.15) is 5.26 Å². The lowest BCUT2D eigenvalue weighted by Crippen LogP contribution is -1.96. The van der Waals surface area contributed by atoms with Crippen LogP contribution in [-0.2, 0) is 0 Å². The number of hydrogen-bond acceptors (Lipinski definition) is 5. The van der Waals surface area contributed by atoms with Crippen LogP contribution >= 0.6 is 23.8 Å². The lowest BCUT2D eigenvalue weighted by molar-refractivity contribution is 0.470. The van der Waals surface area contributed by atoms with Gasteiger partial charge in [-0.15, -0.1) is 0 Å². The number of H-pyrrole nitrogens is 1. The van der Waals surface area contributed by atoms with Crippen molar-refractivity contribution in [3.8, 4) is 11.8 Å². The highest BCUT2D eigenvalue weighted by atomic mass is 35.5. The molecule has 0 radical (unpaired) electrons. The standard InChI is InChI=1S/C11H7ClN4OS/c12-7-3-6(4-13)1-2-8(7)16-10-9(17)11(18)15-5-14-10/h1-3,5,17H,(H2,14,15,16,18). The maximum absolute atomic E-state index is 9.69. The Kier molecular flexibility index (Phi) is 3.46. The number of halogens is 1. The summed E-state index contributed by atoms with van der Waals surface area (Å²) < 4.78 is 0.0843. The largest absolute Gasteiger partial charge is 0.502 e. The first-order valence-electron chi connectivity index (χ1n) is 4.85. The molecule has 0 aliphatic heterocycles. The minimum Gasteiger partial charge on any atom is -0.502 e. The van der Waals surface area contributed by atoms with Gasteiger partial charge in [0.05, 0.1) is 28.7 Å². The highest BCUT2D eigenvalue weighted by Gasteiger charge is 2.07. The second-order valence-corrected chi connectivity index (χ2v) is 4.16. The Bertz CT molecular complexity index is 692. The molecule has 2 rings (SSSR count). The second-order valence-electron chi connectivity index (χ2n) is 3.36. The van der Waals surface area contributed by atoms with Gasteiger partial charge in [0.15, 0.2) is 16.2 Å². The molecule has 1 aromatic heterocycles. The minimum absolute atomic E-state index is 0.0843. The van der Waals surface area contributed by atoms with Gasteiger partial charge in [0.1, 0.15) is 0 Å². The number of hydrogen-bond donors (Lipinski definition) is 3. The van der Waals surface area contributed by atoms with E-state index in [0.717, 1.165) is 0 Å². The fourth-order valence-electron chi connectivity index (χ4n) is 1.31. The summed E-state index contributed by atoms with van der Waals surface area (Å²) in [5.41, 5.74) is 1.00. The van der Waals surface area contributed by atoms with Crippen molar-refractivity contribution in [2.24, 2.45) is 0 Å². The van der Waals surface area contributed by atoms with Gasteiger partial charge in [-0.25, -0.2) is 4.98 Å². The third-order valence-electron chi connectivity index (χ3n) is 2.19. The zero-order valence-electron chi connectivity index (χ0n) is 8.94. The Labute approximate surface area is 113 Å². The van der Waals surface area contributed by atoms with Crippen LogP contribution in [0.5, 0.6) is 5.75 Å². The first-order chi connectivity index (χ1) is 8.61. The van der Waals surface area contributed by atoms with Crippen LogP contribution in [0.3, 0.4) is 0 Å². The molecule has 0 aliphatic rings. The van der Waals surface area contributed by atoms with Gasteiger partial charge in [-0.1, -0.05) is 23.8 Å². The van der Waals surface area contributed by atoms with Gasteiger partial charge in [0.2, 0.25) is 0 Å². The topological polar surface area (TPSA) is 84.7 Å². The summed E-state index contributed by atoms with van der Waals surface area (Å²) in [5.74, 6) is 0.134. The van der Waals surface area contributed by atoms with Crippen LogP contribution < -0.4 is 5.32 Å². The molecule has 2 aromatic rings. The van der Waals surface area contributed by atoms with E-state index in [1.807, 2.05) is 6.07 Å². The Morgan fingerprint density at radius 1 is 1.50 bits per heavy atom. The average Bonchev–Trinajstić information content (AvgIpc) is 2.37. The van der Waals surface area contributed by atoms with Gasteiger partial charge in [-0.05, 0) is 18.2 Å². The first kappa shape index (κ1) is 12.4. The highest BCUT2D eigenvalue weighted by molar-refractivity contribution is 7.71. The number of aromatic nitrogens is 2. The van der Waals surface area contributed by atoms with Gasteiger partial charge >= 0.3 is 0 Å². The van der Waals surface area contributed by atoms with E-state index < -0.39 is 0 Å². The van der Waals surface area contributed by atoms with Crippen molar-refractivity contribution >= 4 is 35.3 Å². The molecule has 0 unspecified atom stereocenters. The highest BCUT2D eigenvalue weighted by Crippen LogP contribution is 2.29. The monoisotopic (exact) mass is 278 g/mol. The average molecular weight is 279 g/mol. The SMILES string of the molecule is N#Cc1ccc(Nc2[nH]cnc(=S)c2O)c(Cl)c1. The molecular formula is C11H7ClN4OS. The zero-order chi connectivity index (χ0) is 13.1. The summed E-state index contributed by atoms with van der Waals surface area (Å²) in [6, 6.07) is 6.76. The van der Waals surface area contributed by atoms with Crippen LogP contribution in [0.25, 0.3) is 0 Å². The van der Waals surface area contributed by atoms with Crippen molar-refractivity contribution in [2.75, 3.05) is 5.32 Å². The summed E-state index contributed by atoms with van der Waals surface area (Å²) in [5, 5.41) is 21.7. The van der Waals surface area contributed by atoms with E-state index in [-0.39, 0.29) is 10.4 Å². The van der Waals surface area contributed by atoms with Crippen molar-refractivity contribution in [2.45, 2.75) is 0 Å². The predicted molar refractivity (Wildman–Crippen MR) is 70.5 cm³/mol. The molecule has 1 aromatic carbocycles. The van der Waals surface area contributed by atoms with E-state index in [1.54, 1.807) is 12.1 Å². The molecule has 0 aliphatic carbocycles. The molecule has 0 saturated heterocycles. The van der Waals surface area contributed by atoms with E-state index in [1.165, 1.54) is 12.4 Å². The number of rotatable bonds is 2. The van der Waals surface area contributed by atoms with Crippen molar-refractivity contribution < 1.29 is 5.11 Å². The van der Waals surface area contributed by atoms with Crippen LogP contribution in [0, 0.1) is 16.0 Å². The van der Waals surface area contributed by atoms with Crippen LogP contribution in [0.4, 0.5) is 11.5 Å². The summed E-state index contributed by atoms with van der Waals surface area (Å²) in [7, 11) is 0. The van der Waals surface area contributed by atoms with E-state index in [4.69, 9.17) is 29.1 Å². The molecule has 7 heteroatoms. The number of aromatic hydroxyl groups is 1. The van der Waals surface area contributed by atoms with Gasteiger partial charge in [-0.3, -0.25) is 0 Å². The number of nitrogens with zero attached hydrogens (tertiary/aromatic N) is 2. The van der Waals surface area contributed by atoms with E-state index in [0.29, 0.717) is 22.1 Å². The molecule has 0 fully saturated rings. The molecule has 1 heterocycles. The molecule has 0 atom stereocenters. The molecular weight excluding hydrogens is 272 g/mol. The van der Waals surface area contributed by atoms with Crippen LogP contribution in [-0.4, -0.2) is 15.1 Å². The molecule has 0 saturated carbocycles. The fraction of sp³-hybridized carbons (Fsp3) is 0. The summed E-state index contributed by atoms with van der Waals surface area (Å²) in [4.78, 5) is 6.44. The number of aromatic amines is 1. The van der Waals surface area contributed by atoms with Crippen molar-refractivity contribution in [3.05, 3.63) is 39.8 Å². The number of anilines is 2. The lowest BCUT2D eigenvalue weighted by Gasteiger charge is -2.09. The molecule has 18 heavy (non-hydrogen) atoms. The molecule has 3 N–H and O–H groups in total. The van der Waals surface area contributed by atoms with Crippen molar-refractivity contribution in [3.63, 3.8) is 0 Å². The van der Waals surface area contributed by atoms with Crippen LogP contribution in [0.15, 0.2) is 24.5 Å². The first-order valence-corrected chi connectivity index (χ1v) is 5.64. The Morgan fingerprint density at radius 3 is 2.94 bits per heavy atom. The Morgan fingerprint density at radius 2 is 2.28 bits per heavy atom. The van der Waals surface area contributed by atoms with Crippen LogP contribution in [0.1, 0.15) is 5.56 Å². The molecule has 0 amide bonds. The van der Waals surface area contributed by atoms with Gasteiger partial charge < -0.3 is 15.4 Å². The third-order valence-corrected chi connectivity index (χ3v) is 2.80. The zero-order valence-corrected chi connectivity index (χ0v) is 10.5. The minimum atomic E-state index is -0.159. The Balaban J connectivity index is 2.38. The number of benzene rings is 1. The molecule has 5 nitrogen and oxygen atoms in total. The van der Waals surface area contributed by atoms with Crippen molar-refractivity contribution in [1.82, 2.24) is 9.97 Å². The Hall–Kier alpha value is -2.10. The maximum atomic E-state index is 9.69. The molecule has 0 spiro atoms. The van der Waals surface area contributed by atoms with E-state index in [2.05, 4.69) is 15.3 Å². The van der Waals surface area contributed by atoms with E-state index >= 15 is 0 Å². The molecule has 90 valence electrons. The second kappa shape index (κ2) is 5.04. The smallest absolute Gasteiger partial charge is 0.194 e. The van der Waals surface area contributed by atoms with Crippen molar-refractivity contribution in [1.29, 1.82) is 5.26 Å². The summed E-state index contributed by atoms with van der Waals surface area (Å²) in [6.07, 6.45) is 1.36. The molecule has 0 bridgehead atoms. The third kappa shape index (κ3) is 2.42. The van der Waals surface area contributed by atoms with Crippen LogP contribution in [0.2, 0.25) is 5.02 Å². The predicted octanol–water partition coefficient (Wildman–Crippen LogP) is 3.11. The maximum Gasteiger partial charge on any atom is 0.194 e.